The van der Waals surface area contributed by atoms with Crippen LogP contribution in [-0.4, -0.2) is 43.6 Å². The fraction of sp³-hybridized carbons (Fsp3) is 0.360. The lowest BCUT2D eigenvalue weighted by Crippen LogP contribution is -2.39. The molecule has 4 aromatic rings. The minimum Gasteiger partial charge on any atom is -0.345 e. The highest BCUT2D eigenvalue weighted by Gasteiger charge is 2.29. The van der Waals surface area contributed by atoms with E-state index in [-0.39, 0.29) is 11.8 Å². The van der Waals surface area contributed by atoms with Crippen LogP contribution in [0.4, 0.5) is 0 Å². The molecule has 164 valence electrons. The van der Waals surface area contributed by atoms with Gasteiger partial charge >= 0.3 is 0 Å². The molecule has 1 aliphatic heterocycles. The molecule has 1 saturated heterocycles. The van der Waals surface area contributed by atoms with Crippen LogP contribution in [0.25, 0.3) is 22.3 Å². The largest absolute Gasteiger partial charge is 0.345 e. The fourth-order valence-electron chi connectivity index (χ4n) is 4.75. The predicted molar refractivity (Wildman–Crippen MR) is 122 cm³/mol. The normalized spacial score (nSPS) is 16.6. The monoisotopic (exact) mass is 429 g/mol. The van der Waals surface area contributed by atoms with E-state index in [1.165, 1.54) is 16.8 Å². The number of rotatable bonds is 4. The average Bonchev–Trinajstić information content (AvgIpc) is 3.43. The summed E-state index contributed by atoms with van der Waals surface area (Å²) in [6.45, 7) is 8.66. The Morgan fingerprint density at radius 1 is 1.25 bits per heavy atom. The van der Waals surface area contributed by atoms with Gasteiger partial charge in [-0.2, -0.15) is 4.98 Å². The summed E-state index contributed by atoms with van der Waals surface area (Å²) < 4.78 is 7.86. The number of piperidine rings is 1. The van der Waals surface area contributed by atoms with E-state index < -0.39 is 0 Å². The number of hydrogen-bond acceptors (Lipinski definition) is 5. The highest BCUT2D eigenvalue weighted by molar-refractivity contribution is 5.99. The van der Waals surface area contributed by atoms with E-state index in [0.29, 0.717) is 18.3 Å². The second-order valence-corrected chi connectivity index (χ2v) is 8.47. The maximum Gasteiger partial charge on any atom is 0.253 e. The first-order chi connectivity index (χ1) is 15.6. The third kappa shape index (κ3) is 3.47. The SMILES string of the molecule is CCn1c(C)c(C)c2cc(C(=O)N3CCCC(c4nc(-c5cccnc5)no4)C3)ccc21. The second-order valence-electron chi connectivity index (χ2n) is 8.47. The zero-order valence-electron chi connectivity index (χ0n) is 18.7. The van der Waals surface area contributed by atoms with Crippen LogP contribution in [-0.2, 0) is 6.54 Å². The van der Waals surface area contributed by atoms with E-state index in [9.17, 15) is 4.79 Å². The minimum atomic E-state index is 0.0412. The maximum atomic E-state index is 13.4. The lowest BCUT2D eigenvalue weighted by Gasteiger charge is -2.31. The van der Waals surface area contributed by atoms with Crippen molar-refractivity contribution in [3.8, 4) is 11.4 Å². The molecule has 1 amide bonds. The first-order valence-corrected chi connectivity index (χ1v) is 11.2. The van der Waals surface area contributed by atoms with Crippen molar-refractivity contribution >= 4 is 16.8 Å². The number of carbonyl (C=O) groups excluding carboxylic acids is 1. The van der Waals surface area contributed by atoms with Crippen LogP contribution in [0.15, 0.2) is 47.2 Å². The Morgan fingerprint density at radius 2 is 2.12 bits per heavy atom. The lowest BCUT2D eigenvalue weighted by atomic mass is 9.97. The molecule has 32 heavy (non-hydrogen) atoms. The summed E-state index contributed by atoms with van der Waals surface area (Å²) in [7, 11) is 0. The lowest BCUT2D eigenvalue weighted by molar-refractivity contribution is 0.0696. The smallest absolute Gasteiger partial charge is 0.253 e. The minimum absolute atomic E-state index is 0.0412. The number of nitrogens with zero attached hydrogens (tertiary/aromatic N) is 5. The van der Waals surface area contributed by atoms with E-state index in [2.05, 4.69) is 46.5 Å². The molecule has 0 saturated carbocycles. The van der Waals surface area contributed by atoms with Gasteiger partial charge in [-0.3, -0.25) is 9.78 Å². The highest BCUT2D eigenvalue weighted by Crippen LogP contribution is 2.30. The Morgan fingerprint density at radius 3 is 2.91 bits per heavy atom. The standard InChI is InChI=1S/C25H27N5O2/c1-4-30-17(3)16(2)21-13-18(9-10-22(21)30)25(31)29-12-6-8-20(15-29)24-27-23(28-32-24)19-7-5-11-26-14-19/h5,7,9-11,13-14,20H,4,6,8,12,15H2,1-3H3. The molecule has 1 unspecified atom stereocenters. The number of aryl methyl sites for hydroxylation is 2. The number of carbonyl (C=O) groups is 1. The molecule has 0 radical (unpaired) electrons. The van der Waals surface area contributed by atoms with Crippen LogP contribution in [0.2, 0.25) is 0 Å². The number of benzene rings is 1. The van der Waals surface area contributed by atoms with Gasteiger partial charge in [0.2, 0.25) is 11.7 Å². The quantitative estimate of drug-likeness (QED) is 0.468. The predicted octanol–water partition coefficient (Wildman–Crippen LogP) is 4.74. The summed E-state index contributed by atoms with van der Waals surface area (Å²) in [5.41, 5.74) is 5.23. The van der Waals surface area contributed by atoms with Crippen molar-refractivity contribution in [2.24, 2.45) is 0 Å². The van der Waals surface area contributed by atoms with Crippen molar-refractivity contribution in [1.82, 2.24) is 24.6 Å². The van der Waals surface area contributed by atoms with Gasteiger partial charge in [0, 0.05) is 59.8 Å². The Bertz CT molecular complexity index is 1270. The summed E-state index contributed by atoms with van der Waals surface area (Å²) in [6, 6.07) is 9.83. The summed E-state index contributed by atoms with van der Waals surface area (Å²) in [6.07, 6.45) is 5.27. The number of fused-ring (bicyclic) bond motifs is 1. The van der Waals surface area contributed by atoms with Crippen LogP contribution in [0, 0.1) is 13.8 Å². The van der Waals surface area contributed by atoms with Crippen LogP contribution in [0.3, 0.4) is 0 Å². The molecule has 7 heteroatoms. The molecule has 1 aliphatic rings. The van der Waals surface area contributed by atoms with Crippen molar-refractivity contribution in [3.05, 3.63) is 65.4 Å². The Kier molecular flexibility index (Phi) is 5.25. The Labute approximate surface area is 187 Å². The first-order valence-electron chi connectivity index (χ1n) is 11.2. The molecule has 1 atom stereocenters. The van der Waals surface area contributed by atoms with Gasteiger partial charge in [0.05, 0.1) is 5.92 Å². The van der Waals surface area contributed by atoms with Gasteiger partial charge in [-0.25, -0.2) is 0 Å². The van der Waals surface area contributed by atoms with Gasteiger partial charge in [0.25, 0.3) is 5.91 Å². The summed E-state index contributed by atoms with van der Waals surface area (Å²) >= 11 is 0. The molecular weight excluding hydrogens is 402 g/mol. The molecule has 7 nitrogen and oxygen atoms in total. The van der Waals surface area contributed by atoms with Gasteiger partial charge in [-0.15, -0.1) is 0 Å². The van der Waals surface area contributed by atoms with E-state index in [4.69, 9.17) is 4.52 Å². The van der Waals surface area contributed by atoms with Crippen LogP contribution in [0.1, 0.15) is 53.2 Å². The van der Waals surface area contributed by atoms with Gasteiger partial charge < -0.3 is 14.0 Å². The maximum absolute atomic E-state index is 13.4. The van der Waals surface area contributed by atoms with Crippen LogP contribution >= 0.6 is 0 Å². The topological polar surface area (TPSA) is 77.1 Å². The Hall–Kier alpha value is -3.48. The van der Waals surface area contributed by atoms with Gasteiger partial charge in [-0.1, -0.05) is 5.16 Å². The zero-order valence-corrected chi connectivity index (χ0v) is 18.7. The molecule has 5 rings (SSSR count). The zero-order chi connectivity index (χ0) is 22.2. The number of amides is 1. The van der Waals surface area contributed by atoms with Gasteiger partial charge in [0.15, 0.2) is 0 Å². The van der Waals surface area contributed by atoms with E-state index in [1.54, 1.807) is 12.4 Å². The molecule has 4 heterocycles. The third-order valence-corrected chi connectivity index (χ3v) is 6.62. The van der Waals surface area contributed by atoms with Crippen molar-refractivity contribution in [2.45, 2.75) is 46.1 Å². The average molecular weight is 430 g/mol. The van der Waals surface area contributed by atoms with Gasteiger partial charge in [0.1, 0.15) is 0 Å². The summed E-state index contributed by atoms with van der Waals surface area (Å²) in [5.74, 6) is 1.22. The highest BCUT2D eigenvalue weighted by atomic mass is 16.5. The second kappa shape index (κ2) is 8.22. The molecule has 3 aromatic heterocycles. The van der Waals surface area contributed by atoms with E-state index in [0.717, 1.165) is 42.4 Å². The third-order valence-electron chi connectivity index (χ3n) is 6.62. The Balaban J connectivity index is 1.37. The summed E-state index contributed by atoms with van der Waals surface area (Å²) in [4.78, 5) is 24.0. The van der Waals surface area contributed by atoms with E-state index >= 15 is 0 Å². The van der Waals surface area contributed by atoms with Crippen molar-refractivity contribution in [1.29, 1.82) is 0 Å². The molecular formula is C25H27N5O2. The number of aromatic nitrogens is 4. The molecule has 1 fully saturated rings. The van der Waals surface area contributed by atoms with Crippen LogP contribution < -0.4 is 0 Å². The molecule has 0 N–H and O–H groups in total. The molecule has 0 spiro atoms. The molecule has 0 aliphatic carbocycles. The number of pyridine rings is 1. The fourth-order valence-corrected chi connectivity index (χ4v) is 4.75. The van der Waals surface area contributed by atoms with E-state index in [1.807, 2.05) is 29.2 Å². The van der Waals surface area contributed by atoms with Crippen LogP contribution in [0.5, 0.6) is 0 Å². The van der Waals surface area contributed by atoms with Crippen molar-refractivity contribution in [2.75, 3.05) is 13.1 Å². The number of hydrogen-bond donors (Lipinski definition) is 0. The van der Waals surface area contributed by atoms with Gasteiger partial charge in [-0.05, 0) is 69.5 Å². The molecule has 0 bridgehead atoms. The van der Waals surface area contributed by atoms with Crippen molar-refractivity contribution in [3.63, 3.8) is 0 Å². The molecule has 1 aromatic carbocycles. The first kappa shape index (κ1) is 20.4. The summed E-state index contributed by atoms with van der Waals surface area (Å²) in [5, 5.41) is 5.27. The van der Waals surface area contributed by atoms with Crippen molar-refractivity contribution < 1.29 is 9.32 Å². The number of likely N-dealkylation sites (tertiary alicyclic amines) is 1.